The maximum absolute atomic E-state index is 8.49. The van der Waals surface area contributed by atoms with Crippen molar-refractivity contribution in [1.82, 2.24) is 0 Å². The van der Waals surface area contributed by atoms with Crippen LogP contribution in [-0.2, 0) is 6.42 Å². The van der Waals surface area contributed by atoms with Crippen molar-refractivity contribution in [2.24, 2.45) is 0 Å². The zero-order valence-corrected chi connectivity index (χ0v) is 7.81. The molecule has 0 saturated carbocycles. The van der Waals surface area contributed by atoms with Gasteiger partial charge >= 0.3 is 0 Å². The Balaban J connectivity index is 3.02. The molecule has 62 valence electrons. The lowest BCUT2D eigenvalue weighted by Crippen LogP contribution is -1.90. The maximum atomic E-state index is 8.49. The first-order valence-electron chi connectivity index (χ1n) is 3.48. The third-order valence-electron chi connectivity index (χ3n) is 1.56. The Labute approximate surface area is 81.5 Å². The van der Waals surface area contributed by atoms with Gasteiger partial charge in [0.1, 0.15) is 4.84 Å². The highest BCUT2D eigenvalue weighted by Gasteiger charge is 2.07. The first-order valence-corrected chi connectivity index (χ1v) is 4.36. The summed E-state index contributed by atoms with van der Waals surface area (Å²) < 4.78 is 0. The summed E-state index contributed by atoms with van der Waals surface area (Å²) in [6, 6.07) is 9.47. The van der Waals surface area contributed by atoms with Gasteiger partial charge in [-0.05, 0) is 11.1 Å². The van der Waals surface area contributed by atoms with E-state index in [1.54, 1.807) is 0 Å². The van der Waals surface area contributed by atoms with Gasteiger partial charge in [-0.25, -0.2) is 0 Å². The third-order valence-corrected chi connectivity index (χ3v) is 2.03. The predicted molar refractivity (Wildman–Crippen MR) is 50.2 cm³/mol. The molecule has 0 bridgehead atoms. The maximum Gasteiger partial charge on any atom is 0.133 e. The van der Waals surface area contributed by atoms with E-state index in [0.717, 1.165) is 11.1 Å². The topological polar surface area (TPSA) is 23.8 Å². The summed E-state index contributed by atoms with van der Waals surface area (Å²) in [7, 11) is 0. The van der Waals surface area contributed by atoms with Gasteiger partial charge in [-0.2, -0.15) is 5.26 Å². The predicted octanol–water partition coefficient (Wildman–Crippen LogP) is 3.23. The highest BCUT2D eigenvalue weighted by Crippen LogP contribution is 2.27. The molecule has 0 heterocycles. The van der Waals surface area contributed by atoms with Crippen molar-refractivity contribution in [2.45, 2.75) is 11.3 Å². The Kier molecular flexibility index (Phi) is 3.40. The highest BCUT2D eigenvalue weighted by molar-refractivity contribution is 6.44. The van der Waals surface area contributed by atoms with Crippen LogP contribution in [0, 0.1) is 11.3 Å². The van der Waals surface area contributed by atoms with Gasteiger partial charge in [0.05, 0.1) is 12.5 Å². The van der Waals surface area contributed by atoms with E-state index in [9.17, 15) is 0 Å². The summed E-state index contributed by atoms with van der Waals surface area (Å²) in [5, 5.41) is 8.49. The minimum Gasteiger partial charge on any atom is -0.198 e. The molecule has 0 aliphatic rings. The molecule has 0 unspecified atom stereocenters. The largest absolute Gasteiger partial charge is 0.198 e. The van der Waals surface area contributed by atoms with Crippen LogP contribution in [0.1, 0.15) is 16.0 Å². The van der Waals surface area contributed by atoms with Crippen molar-refractivity contribution in [1.29, 1.82) is 5.26 Å². The summed E-state index contributed by atoms with van der Waals surface area (Å²) in [6.07, 6.45) is 0.353. The molecule has 0 aliphatic carbocycles. The van der Waals surface area contributed by atoms with Crippen LogP contribution in [0.4, 0.5) is 0 Å². The quantitative estimate of drug-likeness (QED) is 0.672. The monoisotopic (exact) mass is 199 g/mol. The zero-order valence-electron chi connectivity index (χ0n) is 6.30. The minimum absolute atomic E-state index is 0.353. The van der Waals surface area contributed by atoms with Gasteiger partial charge in [0.25, 0.3) is 0 Å². The van der Waals surface area contributed by atoms with E-state index in [4.69, 9.17) is 28.5 Å². The van der Waals surface area contributed by atoms with Crippen molar-refractivity contribution in [2.75, 3.05) is 0 Å². The molecule has 12 heavy (non-hydrogen) atoms. The lowest BCUT2D eigenvalue weighted by Gasteiger charge is -2.05. The molecule has 0 atom stereocenters. The van der Waals surface area contributed by atoms with Crippen molar-refractivity contribution < 1.29 is 0 Å². The van der Waals surface area contributed by atoms with E-state index < -0.39 is 4.84 Å². The van der Waals surface area contributed by atoms with Gasteiger partial charge in [-0.3, -0.25) is 0 Å². The molecule has 0 saturated heterocycles. The van der Waals surface area contributed by atoms with Gasteiger partial charge in [0, 0.05) is 0 Å². The van der Waals surface area contributed by atoms with Gasteiger partial charge in [0.2, 0.25) is 0 Å². The molecule has 0 aromatic heterocycles. The van der Waals surface area contributed by atoms with E-state index in [-0.39, 0.29) is 0 Å². The van der Waals surface area contributed by atoms with E-state index >= 15 is 0 Å². The van der Waals surface area contributed by atoms with Crippen LogP contribution in [0.25, 0.3) is 0 Å². The van der Waals surface area contributed by atoms with Crippen LogP contribution in [0.2, 0.25) is 0 Å². The fraction of sp³-hybridized carbons (Fsp3) is 0.222. The van der Waals surface area contributed by atoms with E-state index in [1.807, 2.05) is 24.3 Å². The Morgan fingerprint density at radius 3 is 2.58 bits per heavy atom. The Morgan fingerprint density at radius 1 is 1.33 bits per heavy atom. The fourth-order valence-electron chi connectivity index (χ4n) is 0.993. The van der Waals surface area contributed by atoms with E-state index in [0.29, 0.717) is 6.42 Å². The normalized spacial score (nSPS) is 9.83. The minimum atomic E-state index is -0.547. The number of benzene rings is 1. The Morgan fingerprint density at radius 2 is 2.00 bits per heavy atom. The number of alkyl halides is 2. The Bertz CT molecular complexity index is 302. The molecule has 0 amide bonds. The van der Waals surface area contributed by atoms with Gasteiger partial charge in [-0.1, -0.05) is 24.3 Å². The van der Waals surface area contributed by atoms with Crippen LogP contribution in [0.3, 0.4) is 0 Å². The zero-order chi connectivity index (χ0) is 8.97. The molecular formula is C9H7Cl2N. The summed E-state index contributed by atoms with van der Waals surface area (Å²) in [6.45, 7) is 0. The summed E-state index contributed by atoms with van der Waals surface area (Å²) in [4.78, 5) is -0.547. The summed E-state index contributed by atoms with van der Waals surface area (Å²) in [5.41, 5.74) is 1.72. The molecule has 3 heteroatoms. The van der Waals surface area contributed by atoms with Gasteiger partial charge in [0.15, 0.2) is 0 Å². The first-order chi connectivity index (χ1) is 5.75. The smallest absolute Gasteiger partial charge is 0.133 e. The van der Waals surface area contributed by atoms with Crippen molar-refractivity contribution >= 4 is 23.2 Å². The van der Waals surface area contributed by atoms with Crippen LogP contribution in [-0.4, -0.2) is 0 Å². The number of rotatable bonds is 2. The molecule has 1 nitrogen and oxygen atoms in total. The lowest BCUT2D eigenvalue weighted by molar-refractivity contribution is 1.18. The lowest BCUT2D eigenvalue weighted by atomic mass is 10.1. The van der Waals surface area contributed by atoms with Crippen LogP contribution in [0.5, 0.6) is 0 Å². The number of nitriles is 1. The van der Waals surface area contributed by atoms with Gasteiger partial charge < -0.3 is 0 Å². The standard InChI is InChI=1S/C9H7Cl2N/c10-9(11)8-4-2-1-3-7(8)5-6-12/h1-4,9H,5H2. The molecule has 0 spiro atoms. The highest BCUT2D eigenvalue weighted by atomic mass is 35.5. The van der Waals surface area contributed by atoms with Crippen molar-refractivity contribution in [3.05, 3.63) is 35.4 Å². The summed E-state index contributed by atoms with van der Waals surface area (Å²) >= 11 is 11.4. The molecule has 0 fully saturated rings. The molecule has 1 aromatic rings. The average molecular weight is 200 g/mol. The van der Waals surface area contributed by atoms with Crippen molar-refractivity contribution in [3.63, 3.8) is 0 Å². The molecule has 0 radical (unpaired) electrons. The molecule has 1 aromatic carbocycles. The van der Waals surface area contributed by atoms with Crippen molar-refractivity contribution in [3.8, 4) is 6.07 Å². The first kappa shape index (κ1) is 9.38. The van der Waals surface area contributed by atoms with E-state index in [1.165, 1.54) is 0 Å². The molecule has 0 N–H and O–H groups in total. The SMILES string of the molecule is N#CCc1ccccc1C(Cl)Cl. The second-order valence-electron chi connectivity index (χ2n) is 2.33. The van der Waals surface area contributed by atoms with Crippen LogP contribution in [0.15, 0.2) is 24.3 Å². The number of nitrogens with zero attached hydrogens (tertiary/aromatic N) is 1. The molecular weight excluding hydrogens is 193 g/mol. The molecule has 1 rings (SSSR count). The molecule has 0 aliphatic heterocycles. The Hall–Kier alpha value is -0.710. The van der Waals surface area contributed by atoms with E-state index in [2.05, 4.69) is 6.07 Å². The number of halogens is 2. The van der Waals surface area contributed by atoms with Crippen LogP contribution < -0.4 is 0 Å². The third kappa shape index (κ3) is 2.14. The van der Waals surface area contributed by atoms with Gasteiger partial charge in [-0.15, -0.1) is 23.2 Å². The number of hydrogen-bond acceptors (Lipinski definition) is 1. The summed E-state index contributed by atoms with van der Waals surface area (Å²) in [5.74, 6) is 0. The second kappa shape index (κ2) is 4.35. The number of hydrogen-bond donors (Lipinski definition) is 0. The fourth-order valence-corrected chi connectivity index (χ4v) is 1.42. The second-order valence-corrected chi connectivity index (χ2v) is 3.43. The van der Waals surface area contributed by atoms with Crippen LogP contribution >= 0.6 is 23.2 Å². The average Bonchev–Trinajstić information content (AvgIpc) is 2.05.